The van der Waals surface area contributed by atoms with Crippen LogP contribution in [0.15, 0.2) is 17.1 Å². The molecule has 0 bridgehead atoms. The Morgan fingerprint density at radius 3 is 2.45 bits per heavy atom. The number of nitrogens with two attached hydrogens (primary N) is 2. The molecule has 5 N–H and O–H groups in total. The number of rotatable bonds is 5. The van der Waals surface area contributed by atoms with Crippen LogP contribution >= 0.6 is 0 Å². The summed E-state index contributed by atoms with van der Waals surface area (Å²) in [6.45, 7) is 6.52. The van der Waals surface area contributed by atoms with Crippen LogP contribution in [0.25, 0.3) is 0 Å². The van der Waals surface area contributed by atoms with Crippen molar-refractivity contribution in [3.63, 3.8) is 0 Å². The summed E-state index contributed by atoms with van der Waals surface area (Å²) >= 11 is 0. The van der Waals surface area contributed by atoms with Crippen LogP contribution in [0.2, 0.25) is 0 Å². The minimum absolute atomic E-state index is 0.264. The van der Waals surface area contributed by atoms with Crippen molar-refractivity contribution < 1.29 is 9.53 Å². The summed E-state index contributed by atoms with van der Waals surface area (Å²) in [5.41, 5.74) is 13.1. The van der Waals surface area contributed by atoms with Crippen LogP contribution in [0.5, 0.6) is 5.75 Å². The van der Waals surface area contributed by atoms with Gasteiger partial charge in [0.05, 0.1) is 12.3 Å². The van der Waals surface area contributed by atoms with Crippen LogP contribution in [-0.4, -0.2) is 18.6 Å². The number of carbonyl (C=O) groups is 1. The first-order chi connectivity index (χ1) is 9.53. The highest BCUT2D eigenvalue weighted by Gasteiger charge is 2.14. The molecular weight excluding hydrogens is 256 g/mol. The van der Waals surface area contributed by atoms with E-state index < -0.39 is 6.03 Å². The quantitative estimate of drug-likeness (QED) is 0.566. The van der Waals surface area contributed by atoms with Gasteiger partial charge in [0.25, 0.3) is 0 Å². The van der Waals surface area contributed by atoms with Crippen molar-refractivity contribution in [2.75, 3.05) is 11.9 Å². The van der Waals surface area contributed by atoms with E-state index in [9.17, 15) is 4.79 Å². The van der Waals surface area contributed by atoms with Gasteiger partial charge < -0.3 is 21.5 Å². The van der Waals surface area contributed by atoms with Gasteiger partial charge in [0.1, 0.15) is 5.75 Å². The molecular formula is C14H22N4O2. The van der Waals surface area contributed by atoms with Crippen molar-refractivity contribution in [1.82, 2.24) is 0 Å². The highest BCUT2D eigenvalue weighted by atomic mass is 16.5. The van der Waals surface area contributed by atoms with E-state index in [-0.39, 0.29) is 5.96 Å². The summed E-state index contributed by atoms with van der Waals surface area (Å²) in [4.78, 5) is 15.2. The Labute approximate surface area is 119 Å². The Morgan fingerprint density at radius 2 is 1.95 bits per heavy atom. The molecule has 6 nitrogen and oxygen atoms in total. The molecule has 0 aliphatic rings. The first-order valence-electron chi connectivity index (χ1n) is 6.71. The number of guanidine groups is 1. The van der Waals surface area contributed by atoms with Crippen molar-refractivity contribution in [1.29, 1.82) is 0 Å². The molecule has 110 valence electrons. The van der Waals surface area contributed by atoms with Gasteiger partial charge in [0, 0.05) is 5.56 Å². The number of amides is 2. The van der Waals surface area contributed by atoms with Gasteiger partial charge in [-0.05, 0) is 31.4 Å². The zero-order valence-corrected chi connectivity index (χ0v) is 12.2. The van der Waals surface area contributed by atoms with Gasteiger partial charge in [-0.15, -0.1) is 0 Å². The lowest BCUT2D eigenvalue weighted by Gasteiger charge is -2.17. The molecule has 0 atom stereocenters. The molecule has 6 heteroatoms. The molecule has 2 amide bonds. The molecule has 0 saturated heterocycles. The smallest absolute Gasteiger partial charge is 0.348 e. The topological polar surface area (TPSA) is 103 Å². The average Bonchev–Trinajstić information content (AvgIpc) is 2.38. The summed E-state index contributed by atoms with van der Waals surface area (Å²) in [6, 6.07) is 3.29. The average molecular weight is 278 g/mol. The van der Waals surface area contributed by atoms with Gasteiger partial charge >= 0.3 is 6.03 Å². The predicted octanol–water partition coefficient (Wildman–Crippen LogP) is 2.02. The number of aliphatic imine (C=N–C) groups is 1. The number of anilines is 1. The normalized spacial score (nSPS) is 9.95. The molecule has 0 unspecified atom stereocenters. The van der Waals surface area contributed by atoms with E-state index in [0.29, 0.717) is 6.61 Å². The summed E-state index contributed by atoms with van der Waals surface area (Å²) < 4.78 is 5.59. The molecule has 20 heavy (non-hydrogen) atoms. The van der Waals surface area contributed by atoms with Crippen molar-refractivity contribution >= 4 is 17.7 Å². The zero-order chi connectivity index (χ0) is 15.1. The van der Waals surface area contributed by atoms with E-state index in [4.69, 9.17) is 16.2 Å². The summed E-state index contributed by atoms with van der Waals surface area (Å²) in [7, 11) is 0. The first-order valence-corrected chi connectivity index (χ1v) is 6.71. The third kappa shape index (κ3) is 3.88. The van der Waals surface area contributed by atoms with Gasteiger partial charge in [-0.25, -0.2) is 4.79 Å². The Balaban J connectivity index is 3.22. The number of aryl methyl sites for hydroxylation is 1. The lowest BCUT2D eigenvalue weighted by Crippen LogP contribution is -2.26. The molecule has 0 aliphatic carbocycles. The van der Waals surface area contributed by atoms with E-state index in [1.807, 2.05) is 32.9 Å². The molecule has 0 aliphatic heterocycles. The number of hydrogen-bond donors (Lipinski definition) is 3. The Morgan fingerprint density at radius 1 is 1.25 bits per heavy atom. The second kappa shape index (κ2) is 7.37. The summed E-state index contributed by atoms with van der Waals surface area (Å²) in [5.74, 6) is 0.506. The molecule has 0 fully saturated rings. The van der Waals surface area contributed by atoms with E-state index >= 15 is 0 Å². The van der Waals surface area contributed by atoms with E-state index in [1.54, 1.807) is 0 Å². The first kappa shape index (κ1) is 15.8. The standard InChI is InChI=1S/C14H22N4O2/c1-4-9-7-8-11(20-6-3)10(5-2)12(9)17-14(19)18-13(15)16/h7-8H,4-6H2,1-3H3,(H5,15,16,17,18,19). The highest BCUT2D eigenvalue weighted by Crippen LogP contribution is 2.31. The van der Waals surface area contributed by atoms with Gasteiger partial charge in [-0.1, -0.05) is 19.9 Å². The summed E-state index contributed by atoms with van der Waals surface area (Å²) in [5, 5.41) is 2.74. The van der Waals surface area contributed by atoms with Crippen LogP contribution in [0.4, 0.5) is 10.5 Å². The van der Waals surface area contributed by atoms with Crippen LogP contribution in [0.3, 0.4) is 0 Å². The highest BCUT2D eigenvalue weighted by molar-refractivity contribution is 5.99. The molecule has 0 heterocycles. The molecule has 0 aromatic heterocycles. The van der Waals surface area contributed by atoms with Crippen molar-refractivity contribution in [2.24, 2.45) is 16.5 Å². The van der Waals surface area contributed by atoms with Gasteiger partial charge in [-0.2, -0.15) is 4.99 Å². The maximum absolute atomic E-state index is 11.7. The number of carbonyl (C=O) groups excluding carboxylic acids is 1. The molecule has 0 radical (unpaired) electrons. The number of urea groups is 1. The fraction of sp³-hybridized carbons (Fsp3) is 0.429. The third-order valence-corrected chi connectivity index (χ3v) is 2.85. The molecule has 1 aromatic rings. The van der Waals surface area contributed by atoms with E-state index in [2.05, 4.69) is 10.3 Å². The van der Waals surface area contributed by atoms with Gasteiger partial charge in [0.2, 0.25) is 0 Å². The monoisotopic (exact) mass is 278 g/mol. The number of benzene rings is 1. The van der Waals surface area contributed by atoms with Gasteiger partial charge in [0.15, 0.2) is 5.96 Å². The molecule has 1 aromatic carbocycles. The molecule has 1 rings (SSSR count). The minimum Gasteiger partial charge on any atom is -0.494 e. The molecule has 0 saturated carbocycles. The lowest BCUT2D eigenvalue weighted by molar-refractivity contribution is 0.259. The van der Waals surface area contributed by atoms with Crippen LogP contribution in [0, 0.1) is 0 Å². The third-order valence-electron chi connectivity index (χ3n) is 2.85. The Kier molecular flexibility index (Phi) is 5.83. The second-order valence-electron chi connectivity index (χ2n) is 4.18. The fourth-order valence-electron chi connectivity index (χ4n) is 2.02. The predicted molar refractivity (Wildman–Crippen MR) is 81.2 cm³/mol. The Hall–Kier alpha value is -2.24. The lowest BCUT2D eigenvalue weighted by atomic mass is 10.0. The number of ether oxygens (including phenoxy) is 1. The largest absolute Gasteiger partial charge is 0.494 e. The second-order valence-corrected chi connectivity index (χ2v) is 4.18. The zero-order valence-electron chi connectivity index (χ0n) is 12.2. The van der Waals surface area contributed by atoms with Crippen LogP contribution < -0.4 is 21.5 Å². The number of nitrogens with one attached hydrogen (secondary N) is 1. The van der Waals surface area contributed by atoms with Gasteiger partial charge in [-0.3, -0.25) is 0 Å². The fourth-order valence-corrected chi connectivity index (χ4v) is 2.02. The van der Waals surface area contributed by atoms with Crippen molar-refractivity contribution in [3.8, 4) is 5.75 Å². The number of nitrogens with zero attached hydrogens (tertiary/aromatic N) is 1. The SMILES string of the molecule is CCOc1ccc(CC)c(NC(=O)N=C(N)N)c1CC. The van der Waals surface area contributed by atoms with E-state index in [0.717, 1.165) is 35.4 Å². The van der Waals surface area contributed by atoms with Crippen molar-refractivity contribution in [3.05, 3.63) is 23.3 Å². The maximum atomic E-state index is 11.7. The van der Waals surface area contributed by atoms with Crippen molar-refractivity contribution in [2.45, 2.75) is 33.6 Å². The Bertz CT molecular complexity index is 508. The maximum Gasteiger partial charge on any atom is 0.348 e. The van der Waals surface area contributed by atoms with Crippen LogP contribution in [0.1, 0.15) is 31.9 Å². The van der Waals surface area contributed by atoms with E-state index in [1.165, 1.54) is 0 Å². The number of hydrogen-bond acceptors (Lipinski definition) is 2. The van der Waals surface area contributed by atoms with Crippen LogP contribution in [-0.2, 0) is 12.8 Å². The molecule has 0 spiro atoms. The summed E-state index contributed by atoms with van der Waals surface area (Å²) in [6.07, 6.45) is 1.53. The minimum atomic E-state index is -0.581.